The highest BCUT2D eigenvalue weighted by atomic mass is 79.9. The second-order valence-corrected chi connectivity index (χ2v) is 5.95. The number of carbonyl (C=O) groups excluding carboxylic acids is 1. The molecule has 0 saturated carbocycles. The van der Waals surface area contributed by atoms with Crippen LogP contribution in [0, 0.1) is 5.92 Å². The maximum Gasteiger partial charge on any atom is 0.306 e. The lowest BCUT2D eigenvalue weighted by Gasteiger charge is -2.38. The lowest BCUT2D eigenvalue weighted by Crippen LogP contribution is -2.43. The second kappa shape index (κ2) is 5.83. The van der Waals surface area contributed by atoms with Gasteiger partial charge in [0, 0.05) is 17.1 Å². The Hall–Kier alpha value is -1.56. The van der Waals surface area contributed by atoms with E-state index in [1.54, 1.807) is 6.07 Å². The second-order valence-electron chi connectivity index (χ2n) is 5.10. The van der Waals surface area contributed by atoms with E-state index in [0.717, 1.165) is 5.69 Å². The zero-order valence-electron chi connectivity index (χ0n) is 11.2. The normalized spacial score (nSPS) is 22.6. The molecule has 2 atom stereocenters. The Labute approximate surface area is 125 Å². The number of halogens is 1. The highest BCUT2D eigenvalue weighted by molar-refractivity contribution is 9.10. The fourth-order valence-corrected chi connectivity index (χ4v) is 3.30. The minimum Gasteiger partial charge on any atom is -0.481 e. The Kier molecular flexibility index (Phi) is 4.32. The van der Waals surface area contributed by atoms with Gasteiger partial charge in [-0.2, -0.15) is 0 Å². The summed E-state index contributed by atoms with van der Waals surface area (Å²) in [5, 5.41) is 9.10. The quantitative estimate of drug-likeness (QED) is 0.883. The molecule has 0 radical (unpaired) electrons. The van der Waals surface area contributed by atoms with Gasteiger partial charge < -0.3 is 15.7 Å². The summed E-state index contributed by atoms with van der Waals surface area (Å²) in [7, 11) is 0. The number of rotatable bonds is 3. The number of primary amides is 1. The van der Waals surface area contributed by atoms with E-state index in [2.05, 4.69) is 20.8 Å². The molecule has 2 rings (SSSR count). The zero-order chi connectivity index (χ0) is 14.9. The first kappa shape index (κ1) is 14.8. The van der Waals surface area contributed by atoms with Crippen LogP contribution in [0.4, 0.5) is 5.69 Å². The smallest absolute Gasteiger partial charge is 0.306 e. The molecule has 0 aliphatic carbocycles. The minimum absolute atomic E-state index is 0.0530. The van der Waals surface area contributed by atoms with Crippen molar-refractivity contribution in [2.24, 2.45) is 11.7 Å². The third-order valence-corrected chi connectivity index (χ3v) is 4.43. The van der Waals surface area contributed by atoms with Gasteiger partial charge in [0.1, 0.15) is 0 Å². The predicted molar refractivity (Wildman–Crippen MR) is 79.8 cm³/mol. The molecule has 1 aliphatic rings. The molecule has 108 valence electrons. The lowest BCUT2D eigenvalue weighted by molar-refractivity contribution is -0.142. The molecule has 1 heterocycles. The Bertz CT molecular complexity index is 547. The summed E-state index contributed by atoms with van der Waals surface area (Å²) in [6.45, 7) is 2.58. The van der Waals surface area contributed by atoms with Crippen LogP contribution < -0.4 is 10.6 Å². The summed E-state index contributed by atoms with van der Waals surface area (Å²) in [6.07, 6.45) is 1.14. The first-order valence-corrected chi connectivity index (χ1v) is 7.29. The van der Waals surface area contributed by atoms with Crippen molar-refractivity contribution in [1.82, 2.24) is 0 Å². The lowest BCUT2D eigenvalue weighted by atomic mass is 9.91. The van der Waals surface area contributed by atoms with Gasteiger partial charge in [-0.3, -0.25) is 9.59 Å². The molecule has 1 amide bonds. The average molecular weight is 341 g/mol. The van der Waals surface area contributed by atoms with Gasteiger partial charge in [0.15, 0.2) is 0 Å². The molecule has 1 aromatic rings. The average Bonchev–Trinajstić information content (AvgIpc) is 2.37. The van der Waals surface area contributed by atoms with Gasteiger partial charge in [-0.15, -0.1) is 0 Å². The van der Waals surface area contributed by atoms with Crippen molar-refractivity contribution in [2.45, 2.75) is 25.8 Å². The summed E-state index contributed by atoms with van der Waals surface area (Å²) in [6, 6.07) is 5.53. The fourth-order valence-electron chi connectivity index (χ4n) is 2.75. The van der Waals surface area contributed by atoms with Crippen LogP contribution in [0.25, 0.3) is 0 Å². The highest BCUT2D eigenvalue weighted by Gasteiger charge is 2.31. The van der Waals surface area contributed by atoms with E-state index in [9.17, 15) is 9.59 Å². The van der Waals surface area contributed by atoms with E-state index < -0.39 is 11.9 Å². The number of nitrogens with two attached hydrogens (primary N) is 1. The van der Waals surface area contributed by atoms with Crippen LogP contribution in [-0.4, -0.2) is 29.6 Å². The highest BCUT2D eigenvalue weighted by Crippen LogP contribution is 2.33. The molecule has 0 bridgehead atoms. The molecular weight excluding hydrogens is 324 g/mol. The molecule has 20 heavy (non-hydrogen) atoms. The predicted octanol–water partition coefficient (Wildman–Crippen LogP) is 2.24. The number of anilines is 1. The van der Waals surface area contributed by atoms with Gasteiger partial charge in [0.05, 0.1) is 17.2 Å². The summed E-state index contributed by atoms with van der Waals surface area (Å²) >= 11 is 3.35. The van der Waals surface area contributed by atoms with E-state index >= 15 is 0 Å². The SMILES string of the molecule is CC1CC(C(=O)O)CCN1c1cccc(Br)c1C(N)=O. The Morgan fingerprint density at radius 3 is 2.70 bits per heavy atom. The van der Waals surface area contributed by atoms with Crippen molar-refractivity contribution < 1.29 is 14.7 Å². The van der Waals surface area contributed by atoms with Crippen LogP contribution in [0.2, 0.25) is 0 Å². The van der Waals surface area contributed by atoms with Crippen molar-refractivity contribution in [3.8, 4) is 0 Å². The largest absolute Gasteiger partial charge is 0.481 e. The van der Waals surface area contributed by atoms with Crippen LogP contribution in [0.3, 0.4) is 0 Å². The number of carboxylic acid groups (broad SMARTS) is 1. The number of hydrogen-bond donors (Lipinski definition) is 2. The summed E-state index contributed by atoms with van der Waals surface area (Å²) in [4.78, 5) is 24.8. The maximum absolute atomic E-state index is 11.6. The number of nitrogens with zero attached hydrogens (tertiary/aromatic N) is 1. The number of carboxylic acids is 1. The zero-order valence-corrected chi connectivity index (χ0v) is 12.8. The van der Waals surface area contributed by atoms with Crippen LogP contribution in [-0.2, 0) is 4.79 Å². The summed E-state index contributed by atoms with van der Waals surface area (Å²) < 4.78 is 0.662. The van der Waals surface area contributed by atoms with Gasteiger partial charge >= 0.3 is 5.97 Å². The minimum atomic E-state index is -0.749. The first-order chi connectivity index (χ1) is 9.41. The Morgan fingerprint density at radius 1 is 1.45 bits per heavy atom. The standard InChI is InChI=1S/C14H17BrN2O3/c1-8-7-9(14(19)20)5-6-17(8)11-4-2-3-10(15)12(11)13(16)18/h2-4,8-9H,5-7H2,1H3,(H2,16,18)(H,19,20). The summed E-state index contributed by atoms with van der Waals surface area (Å²) in [5.41, 5.74) is 6.67. The Balaban J connectivity index is 2.32. The number of benzene rings is 1. The number of aliphatic carboxylic acids is 1. The van der Waals surface area contributed by atoms with Gasteiger partial charge in [-0.1, -0.05) is 6.07 Å². The third kappa shape index (κ3) is 2.80. The van der Waals surface area contributed by atoms with Gasteiger partial charge in [-0.05, 0) is 47.8 Å². The van der Waals surface area contributed by atoms with Crippen LogP contribution in [0.1, 0.15) is 30.1 Å². The molecule has 1 fully saturated rings. The molecule has 6 heteroatoms. The van der Waals surface area contributed by atoms with E-state index in [1.807, 2.05) is 19.1 Å². The Morgan fingerprint density at radius 2 is 2.15 bits per heavy atom. The molecule has 1 saturated heterocycles. The molecular formula is C14H17BrN2O3. The van der Waals surface area contributed by atoms with E-state index in [-0.39, 0.29) is 12.0 Å². The summed E-state index contributed by atoms with van der Waals surface area (Å²) in [5.74, 6) is -1.55. The number of carbonyl (C=O) groups is 2. The third-order valence-electron chi connectivity index (χ3n) is 3.77. The van der Waals surface area contributed by atoms with Gasteiger partial charge in [0.25, 0.3) is 5.91 Å². The van der Waals surface area contributed by atoms with Gasteiger partial charge in [-0.25, -0.2) is 0 Å². The van der Waals surface area contributed by atoms with Crippen molar-refractivity contribution in [2.75, 3.05) is 11.4 Å². The maximum atomic E-state index is 11.6. The molecule has 0 spiro atoms. The van der Waals surface area contributed by atoms with E-state index in [1.165, 1.54) is 0 Å². The molecule has 0 aromatic heterocycles. The topological polar surface area (TPSA) is 83.6 Å². The van der Waals surface area contributed by atoms with Crippen LogP contribution >= 0.6 is 15.9 Å². The van der Waals surface area contributed by atoms with E-state index in [4.69, 9.17) is 10.8 Å². The number of hydrogen-bond acceptors (Lipinski definition) is 3. The van der Waals surface area contributed by atoms with Crippen LogP contribution in [0.15, 0.2) is 22.7 Å². The van der Waals surface area contributed by atoms with Crippen molar-refractivity contribution >= 4 is 33.5 Å². The van der Waals surface area contributed by atoms with Crippen LogP contribution in [0.5, 0.6) is 0 Å². The van der Waals surface area contributed by atoms with Crippen molar-refractivity contribution in [3.05, 3.63) is 28.2 Å². The molecule has 1 aliphatic heterocycles. The number of amides is 1. The van der Waals surface area contributed by atoms with Gasteiger partial charge in [0.2, 0.25) is 0 Å². The van der Waals surface area contributed by atoms with E-state index in [0.29, 0.717) is 29.4 Å². The molecule has 1 aromatic carbocycles. The monoisotopic (exact) mass is 340 g/mol. The molecule has 3 N–H and O–H groups in total. The van der Waals surface area contributed by atoms with Crippen molar-refractivity contribution in [1.29, 1.82) is 0 Å². The fraction of sp³-hybridized carbons (Fsp3) is 0.429. The first-order valence-electron chi connectivity index (χ1n) is 6.49. The number of piperidine rings is 1. The molecule has 2 unspecified atom stereocenters. The van der Waals surface area contributed by atoms with Crippen molar-refractivity contribution in [3.63, 3.8) is 0 Å². The molecule has 5 nitrogen and oxygen atoms in total.